The highest BCUT2D eigenvalue weighted by Gasteiger charge is 2.17. The maximum absolute atomic E-state index is 12.2. The van der Waals surface area contributed by atoms with Crippen molar-refractivity contribution in [2.24, 2.45) is 0 Å². The number of benzene rings is 2. The molecule has 0 radical (unpaired) electrons. The van der Waals surface area contributed by atoms with Gasteiger partial charge in [-0.2, -0.15) is 0 Å². The average Bonchev–Trinajstić information content (AvgIpc) is 2.47. The molecular weight excluding hydrogens is 266 g/mol. The standard InChI is InChI=1S/C17H17NO3/c1-11-7-9-13(10-8-11)12(2)18-16(19)14-5-3-4-6-15(14)17(20)21/h3-10,12H,1-2H3,(H,18,19)(H,20,21)/t12-/m0/s1. The molecule has 0 aliphatic heterocycles. The SMILES string of the molecule is Cc1ccc([C@H](C)NC(=O)c2ccccc2C(=O)O)cc1. The highest BCUT2D eigenvalue weighted by Crippen LogP contribution is 2.15. The summed E-state index contributed by atoms with van der Waals surface area (Å²) in [4.78, 5) is 23.4. The third-order valence-electron chi connectivity index (χ3n) is 3.33. The Labute approximate surface area is 123 Å². The summed E-state index contributed by atoms with van der Waals surface area (Å²) in [6, 6.07) is 13.8. The van der Waals surface area contributed by atoms with Gasteiger partial charge >= 0.3 is 5.97 Å². The summed E-state index contributed by atoms with van der Waals surface area (Å²) in [5, 5.41) is 11.9. The normalized spacial score (nSPS) is 11.7. The molecular formula is C17H17NO3. The Balaban J connectivity index is 2.18. The van der Waals surface area contributed by atoms with E-state index in [0.29, 0.717) is 0 Å². The molecule has 0 aromatic heterocycles. The number of aryl methyl sites for hydroxylation is 1. The minimum Gasteiger partial charge on any atom is -0.478 e. The van der Waals surface area contributed by atoms with E-state index in [-0.39, 0.29) is 23.1 Å². The van der Waals surface area contributed by atoms with Gasteiger partial charge in [0.15, 0.2) is 0 Å². The van der Waals surface area contributed by atoms with Gasteiger partial charge in [-0.3, -0.25) is 4.79 Å². The lowest BCUT2D eigenvalue weighted by molar-refractivity contribution is 0.0690. The van der Waals surface area contributed by atoms with Gasteiger partial charge in [-0.05, 0) is 31.5 Å². The van der Waals surface area contributed by atoms with Crippen molar-refractivity contribution < 1.29 is 14.7 Å². The topological polar surface area (TPSA) is 66.4 Å². The van der Waals surface area contributed by atoms with Crippen molar-refractivity contribution in [1.29, 1.82) is 0 Å². The van der Waals surface area contributed by atoms with Gasteiger partial charge in [0.05, 0.1) is 17.2 Å². The third kappa shape index (κ3) is 3.48. The molecule has 0 unspecified atom stereocenters. The van der Waals surface area contributed by atoms with Crippen LogP contribution < -0.4 is 5.32 Å². The maximum atomic E-state index is 12.2. The lowest BCUT2D eigenvalue weighted by atomic mass is 10.0. The molecule has 4 nitrogen and oxygen atoms in total. The van der Waals surface area contributed by atoms with Crippen LogP contribution in [0.25, 0.3) is 0 Å². The number of aromatic carboxylic acids is 1. The van der Waals surface area contributed by atoms with E-state index in [9.17, 15) is 9.59 Å². The zero-order chi connectivity index (χ0) is 15.4. The molecule has 2 aromatic rings. The number of amides is 1. The van der Waals surface area contributed by atoms with Crippen LogP contribution in [0.1, 0.15) is 44.8 Å². The van der Waals surface area contributed by atoms with Crippen LogP contribution in [-0.2, 0) is 0 Å². The monoisotopic (exact) mass is 283 g/mol. The minimum atomic E-state index is -1.11. The summed E-state index contributed by atoms with van der Waals surface area (Å²) >= 11 is 0. The molecule has 1 amide bonds. The van der Waals surface area contributed by atoms with Crippen LogP contribution in [-0.4, -0.2) is 17.0 Å². The highest BCUT2D eigenvalue weighted by molar-refractivity contribution is 6.04. The lowest BCUT2D eigenvalue weighted by Gasteiger charge is -2.15. The quantitative estimate of drug-likeness (QED) is 0.905. The molecule has 108 valence electrons. The van der Waals surface area contributed by atoms with E-state index >= 15 is 0 Å². The van der Waals surface area contributed by atoms with Crippen molar-refractivity contribution in [3.05, 3.63) is 70.8 Å². The summed E-state index contributed by atoms with van der Waals surface area (Å²) in [5.41, 5.74) is 2.30. The van der Waals surface area contributed by atoms with Crippen LogP contribution in [0, 0.1) is 6.92 Å². The van der Waals surface area contributed by atoms with Gasteiger partial charge < -0.3 is 10.4 Å². The smallest absolute Gasteiger partial charge is 0.336 e. The fourth-order valence-corrected chi connectivity index (χ4v) is 2.08. The Morgan fingerprint density at radius 1 is 1.00 bits per heavy atom. The van der Waals surface area contributed by atoms with Crippen LogP contribution >= 0.6 is 0 Å². The van der Waals surface area contributed by atoms with Crippen LogP contribution in [0.3, 0.4) is 0 Å². The van der Waals surface area contributed by atoms with Crippen LogP contribution in [0.4, 0.5) is 0 Å². The van der Waals surface area contributed by atoms with Gasteiger partial charge in [0, 0.05) is 0 Å². The molecule has 0 fully saturated rings. The van der Waals surface area contributed by atoms with E-state index < -0.39 is 5.97 Å². The van der Waals surface area contributed by atoms with E-state index in [1.54, 1.807) is 12.1 Å². The molecule has 1 atom stereocenters. The minimum absolute atomic E-state index is 0.00565. The number of carboxylic acid groups (broad SMARTS) is 1. The first kappa shape index (κ1) is 14.8. The zero-order valence-corrected chi connectivity index (χ0v) is 12.0. The molecule has 4 heteroatoms. The van der Waals surface area contributed by atoms with Crippen molar-refractivity contribution in [1.82, 2.24) is 5.32 Å². The molecule has 0 saturated heterocycles. The zero-order valence-electron chi connectivity index (χ0n) is 12.0. The van der Waals surface area contributed by atoms with Crippen LogP contribution in [0.2, 0.25) is 0 Å². The Bertz CT molecular complexity index is 662. The summed E-state index contributed by atoms with van der Waals surface area (Å²) in [5.74, 6) is -1.50. The van der Waals surface area contributed by atoms with Crippen molar-refractivity contribution in [3.8, 4) is 0 Å². The maximum Gasteiger partial charge on any atom is 0.336 e. The van der Waals surface area contributed by atoms with E-state index in [2.05, 4.69) is 5.32 Å². The molecule has 0 aliphatic rings. The number of carboxylic acids is 1. The van der Waals surface area contributed by atoms with E-state index in [4.69, 9.17) is 5.11 Å². The van der Waals surface area contributed by atoms with E-state index in [1.807, 2.05) is 38.1 Å². The van der Waals surface area contributed by atoms with Crippen molar-refractivity contribution in [3.63, 3.8) is 0 Å². The van der Waals surface area contributed by atoms with Crippen LogP contribution in [0.5, 0.6) is 0 Å². The number of carbonyl (C=O) groups excluding carboxylic acids is 1. The molecule has 0 bridgehead atoms. The molecule has 21 heavy (non-hydrogen) atoms. The van der Waals surface area contributed by atoms with Crippen molar-refractivity contribution in [2.75, 3.05) is 0 Å². The Kier molecular flexibility index (Phi) is 4.38. The van der Waals surface area contributed by atoms with Crippen molar-refractivity contribution in [2.45, 2.75) is 19.9 Å². The van der Waals surface area contributed by atoms with Gasteiger partial charge in [0.25, 0.3) is 5.91 Å². The summed E-state index contributed by atoms with van der Waals surface area (Å²) < 4.78 is 0. The largest absolute Gasteiger partial charge is 0.478 e. The first-order chi connectivity index (χ1) is 9.99. The second kappa shape index (κ2) is 6.22. The predicted octanol–water partition coefficient (Wildman–Crippen LogP) is 3.18. The highest BCUT2D eigenvalue weighted by atomic mass is 16.4. The lowest BCUT2D eigenvalue weighted by Crippen LogP contribution is -2.28. The molecule has 0 spiro atoms. The third-order valence-corrected chi connectivity index (χ3v) is 3.33. The number of carbonyl (C=O) groups is 2. The molecule has 0 saturated carbocycles. The van der Waals surface area contributed by atoms with Gasteiger partial charge in [-0.15, -0.1) is 0 Å². The van der Waals surface area contributed by atoms with Gasteiger partial charge in [-0.25, -0.2) is 4.79 Å². The number of rotatable bonds is 4. The predicted molar refractivity (Wildman–Crippen MR) is 80.5 cm³/mol. The second-order valence-corrected chi connectivity index (χ2v) is 4.96. The average molecular weight is 283 g/mol. The fourth-order valence-electron chi connectivity index (χ4n) is 2.08. The van der Waals surface area contributed by atoms with Gasteiger partial charge in [0.2, 0.25) is 0 Å². The molecule has 0 aliphatic carbocycles. The summed E-state index contributed by atoms with van der Waals surface area (Å²) in [6.07, 6.45) is 0. The fraction of sp³-hybridized carbons (Fsp3) is 0.176. The number of nitrogens with one attached hydrogen (secondary N) is 1. The molecule has 2 aromatic carbocycles. The van der Waals surface area contributed by atoms with Crippen molar-refractivity contribution >= 4 is 11.9 Å². The number of hydrogen-bond donors (Lipinski definition) is 2. The number of hydrogen-bond acceptors (Lipinski definition) is 2. The summed E-state index contributed by atoms with van der Waals surface area (Å²) in [6.45, 7) is 3.86. The summed E-state index contributed by atoms with van der Waals surface area (Å²) in [7, 11) is 0. The van der Waals surface area contributed by atoms with Gasteiger partial charge in [-0.1, -0.05) is 42.0 Å². The van der Waals surface area contributed by atoms with E-state index in [0.717, 1.165) is 11.1 Å². The van der Waals surface area contributed by atoms with Gasteiger partial charge in [0.1, 0.15) is 0 Å². The molecule has 2 rings (SSSR count). The Morgan fingerprint density at radius 2 is 1.57 bits per heavy atom. The Hall–Kier alpha value is -2.62. The first-order valence-electron chi connectivity index (χ1n) is 6.69. The Morgan fingerprint density at radius 3 is 2.14 bits per heavy atom. The van der Waals surface area contributed by atoms with Crippen LogP contribution in [0.15, 0.2) is 48.5 Å². The molecule has 2 N–H and O–H groups in total. The second-order valence-electron chi connectivity index (χ2n) is 4.96. The van der Waals surface area contributed by atoms with E-state index in [1.165, 1.54) is 12.1 Å². The first-order valence-corrected chi connectivity index (χ1v) is 6.69. The molecule has 0 heterocycles.